The van der Waals surface area contributed by atoms with E-state index in [0.717, 1.165) is 11.8 Å². The van der Waals surface area contributed by atoms with E-state index in [1.165, 1.54) is 12.1 Å². The number of carbonyl (C=O) groups is 2. The topological polar surface area (TPSA) is 96.9 Å². The van der Waals surface area contributed by atoms with Crippen LogP contribution in [0.3, 0.4) is 0 Å². The van der Waals surface area contributed by atoms with Gasteiger partial charge in [0.25, 0.3) is 5.91 Å². The summed E-state index contributed by atoms with van der Waals surface area (Å²) >= 11 is 0. The molecule has 1 N–H and O–H groups in total. The number of anilines is 1. The molecular weight excluding hydrogens is 520 g/mol. The van der Waals surface area contributed by atoms with E-state index in [0.29, 0.717) is 57.3 Å². The standard InChI is InChI=1S/C29H37F2N5O4/c1-28(2,3)40-27(38)34-24-19-21(8-13-32-24)5-4-14-35-17-11-29(31,12-18-35)26(37)36-15-9-23(10-16-36)39-25-7-6-22(30)20-33-25/h4-8,13,19-20,23H,9-12,14-18H2,1-3H3,(H,32,34,38)/b5-4+. The van der Waals surface area contributed by atoms with Crippen LogP contribution in [0.25, 0.3) is 6.08 Å². The molecule has 0 atom stereocenters. The Morgan fingerprint density at radius 3 is 2.50 bits per heavy atom. The highest BCUT2D eigenvalue weighted by Gasteiger charge is 2.44. The lowest BCUT2D eigenvalue weighted by Gasteiger charge is -2.40. The highest BCUT2D eigenvalue weighted by atomic mass is 19.1. The average molecular weight is 558 g/mol. The predicted molar refractivity (Wildman–Crippen MR) is 147 cm³/mol. The summed E-state index contributed by atoms with van der Waals surface area (Å²) in [5.74, 6) is -0.142. The minimum atomic E-state index is -1.86. The molecule has 2 aliphatic rings. The van der Waals surface area contributed by atoms with Crippen molar-refractivity contribution in [3.05, 3.63) is 54.1 Å². The second-order valence-electron chi connectivity index (χ2n) is 11.2. The summed E-state index contributed by atoms with van der Waals surface area (Å²) in [4.78, 5) is 36.8. The van der Waals surface area contributed by atoms with Crippen LogP contribution in [0, 0.1) is 5.82 Å². The van der Waals surface area contributed by atoms with Gasteiger partial charge in [-0.3, -0.25) is 15.0 Å². The number of rotatable bonds is 7. The highest BCUT2D eigenvalue weighted by molar-refractivity contribution is 5.85. The zero-order valence-corrected chi connectivity index (χ0v) is 23.2. The Balaban J connectivity index is 1.20. The molecule has 2 fully saturated rings. The number of amides is 2. The normalized spacial score (nSPS) is 18.5. The van der Waals surface area contributed by atoms with E-state index < -0.39 is 29.1 Å². The molecule has 0 bridgehead atoms. The molecule has 0 radical (unpaired) electrons. The number of likely N-dealkylation sites (tertiary alicyclic amines) is 2. The third kappa shape index (κ3) is 8.45. The highest BCUT2D eigenvalue weighted by Crippen LogP contribution is 2.30. The van der Waals surface area contributed by atoms with Crippen LogP contribution >= 0.6 is 0 Å². The van der Waals surface area contributed by atoms with E-state index >= 15 is 4.39 Å². The monoisotopic (exact) mass is 557 g/mol. The van der Waals surface area contributed by atoms with Gasteiger partial charge in [0.1, 0.15) is 23.3 Å². The zero-order valence-electron chi connectivity index (χ0n) is 23.2. The minimum absolute atomic E-state index is 0.143. The van der Waals surface area contributed by atoms with Gasteiger partial charge in [0.2, 0.25) is 5.88 Å². The Morgan fingerprint density at radius 1 is 1.12 bits per heavy atom. The van der Waals surface area contributed by atoms with Crippen LogP contribution in [0.15, 0.2) is 42.7 Å². The Bertz CT molecular complexity index is 1190. The number of hydrogen-bond donors (Lipinski definition) is 1. The van der Waals surface area contributed by atoms with Gasteiger partial charge in [0.15, 0.2) is 5.67 Å². The maximum atomic E-state index is 15.7. The molecule has 0 aliphatic carbocycles. The third-order valence-corrected chi connectivity index (χ3v) is 6.84. The Labute approximate surface area is 233 Å². The summed E-state index contributed by atoms with van der Waals surface area (Å²) in [6.45, 7) is 7.77. The van der Waals surface area contributed by atoms with Gasteiger partial charge in [0, 0.05) is 70.7 Å². The first kappa shape index (κ1) is 29.4. The van der Waals surface area contributed by atoms with E-state index in [1.807, 2.05) is 18.2 Å². The third-order valence-electron chi connectivity index (χ3n) is 6.84. The van der Waals surface area contributed by atoms with Gasteiger partial charge in [-0.15, -0.1) is 0 Å². The van der Waals surface area contributed by atoms with Gasteiger partial charge >= 0.3 is 6.09 Å². The molecule has 216 valence electrons. The Morgan fingerprint density at radius 2 is 1.85 bits per heavy atom. The van der Waals surface area contributed by atoms with E-state index in [1.54, 1.807) is 37.9 Å². The molecule has 4 heterocycles. The van der Waals surface area contributed by atoms with Crippen LogP contribution in [0.5, 0.6) is 5.88 Å². The minimum Gasteiger partial charge on any atom is -0.474 e. The van der Waals surface area contributed by atoms with Crippen LogP contribution in [0.2, 0.25) is 0 Å². The van der Waals surface area contributed by atoms with Crippen LogP contribution in [-0.2, 0) is 9.53 Å². The SMILES string of the molecule is CC(C)(C)OC(=O)Nc1cc(/C=C/CN2CCC(F)(C(=O)N3CCC(Oc4ccc(F)cn4)CC3)CC2)ccn1. The van der Waals surface area contributed by atoms with Crippen molar-refractivity contribution in [1.29, 1.82) is 0 Å². The molecule has 2 amide bonds. The Kier molecular flexibility index (Phi) is 9.34. The predicted octanol–water partition coefficient (Wildman–Crippen LogP) is 4.85. The van der Waals surface area contributed by atoms with Crippen molar-refractivity contribution in [2.75, 3.05) is 38.0 Å². The van der Waals surface area contributed by atoms with E-state index in [-0.39, 0.29) is 18.9 Å². The van der Waals surface area contributed by atoms with Crippen LogP contribution < -0.4 is 10.1 Å². The number of piperidine rings is 2. The Hall–Kier alpha value is -3.60. The van der Waals surface area contributed by atoms with Crippen molar-refractivity contribution >= 4 is 23.9 Å². The van der Waals surface area contributed by atoms with Gasteiger partial charge in [-0.25, -0.2) is 23.5 Å². The number of alkyl halides is 1. The van der Waals surface area contributed by atoms with Crippen LogP contribution in [0.4, 0.5) is 19.4 Å². The van der Waals surface area contributed by atoms with Gasteiger partial charge < -0.3 is 14.4 Å². The number of nitrogens with one attached hydrogen (secondary N) is 1. The van der Waals surface area contributed by atoms with Gasteiger partial charge in [0.05, 0.1) is 6.20 Å². The van der Waals surface area contributed by atoms with E-state index in [2.05, 4.69) is 20.2 Å². The fraction of sp³-hybridized carbons (Fsp3) is 0.517. The van der Waals surface area contributed by atoms with Crippen molar-refractivity contribution in [1.82, 2.24) is 19.8 Å². The van der Waals surface area contributed by atoms with Crippen molar-refractivity contribution < 1.29 is 27.8 Å². The molecule has 0 aromatic carbocycles. The summed E-state index contributed by atoms with van der Waals surface area (Å²) in [5, 5.41) is 2.62. The van der Waals surface area contributed by atoms with E-state index in [4.69, 9.17) is 9.47 Å². The fourth-order valence-electron chi connectivity index (χ4n) is 4.73. The van der Waals surface area contributed by atoms with Crippen molar-refractivity contribution in [2.24, 2.45) is 0 Å². The van der Waals surface area contributed by atoms with Crippen molar-refractivity contribution in [3.8, 4) is 5.88 Å². The summed E-state index contributed by atoms with van der Waals surface area (Å²) in [7, 11) is 0. The molecule has 4 rings (SSSR count). The number of halogens is 2. The molecule has 9 nitrogen and oxygen atoms in total. The molecular formula is C29H37F2N5O4. The first-order valence-corrected chi connectivity index (χ1v) is 13.6. The zero-order chi connectivity index (χ0) is 28.8. The molecule has 0 spiro atoms. The number of carbonyl (C=O) groups excluding carboxylic acids is 2. The van der Waals surface area contributed by atoms with Gasteiger partial charge in [-0.1, -0.05) is 12.2 Å². The molecule has 2 aromatic heterocycles. The first-order valence-electron chi connectivity index (χ1n) is 13.6. The maximum absolute atomic E-state index is 15.7. The van der Waals surface area contributed by atoms with Gasteiger partial charge in [-0.05, 0) is 44.5 Å². The second kappa shape index (κ2) is 12.7. The molecule has 2 aliphatic heterocycles. The molecule has 40 heavy (non-hydrogen) atoms. The quantitative estimate of drug-likeness (QED) is 0.520. The second-order valence-corrected chi connectivity index (χ2v) is 11.2. The lowest BCUT2D eigenvalue weighted by molar-refractivity contribution is -0.149. The summed E-state index contributed by atoms with van der Waals surface area (Å²) in [6.07, 6.45) is 7.32. The lowest BCUT2D eigenvalue weighted by atomic mass is 9.90. The van der Waals surface area contributed by atoms with Crippen LogP contribution in [0.1, 0.15) is 52.0 Å². The number of pyridine rings is 2. The summed E-state index contributed by atoms with van der Waals surface area (Å²) < 4.78 is 39.8. The average Bonchev–Trinajstić information content (AvgIpc) is 2.90. The maximum Gasteiger partial charge on any atom is 0.413 e. The first-order chi connectivity index (χ1) is 19.0. The molecule has 2 aromatic rings. The van der Waals surface area contributed by atoms with Crippen molar-refractivity contribution in [3.63, 3.8) is 0 Å². The van der Waals surface area contributed by atoms with Gasteiger partial charge in [-0.2, -0.15) is 0 Å². The van der Waals surface area contributed by atoms with E-state index in [9.17, 15) is 14.0 Å². The molecule has 0 unspecified atom stereocenters. The van der Waals surface area contributed by atoms with Crippen LogP contribution in [-0.4, -0.2) is 81.9 Å². The lowest BCUT2D eigenvalue weighted by Crippen LogP contribution is -2.54. The molecule has 0 saturated carbocycles. The number of ether oxygens (including phenoxy) is 2. The molecule has 2 saturated heterocycles. The fourth-order valence-corrected chi connectivity index (χ4v) is 4.73. The molecule has 11 heteroatoms. The summed E-state index contributed by atoms with van der Waals surface area (Å²) in [5.41, 5.74) is -1.61. The summed E-state index contributed by atoms with van der Waals surface area (Å²) in [6, 6.07) is 6.33. The number of hydrogen-bond acceptors (Lipinski definition) is 7. The smallest absolute Gasteiger partial charge is 0.413 e. The largest absolute Gasteiger partial charge is 0.474 e. The number of nitrogens with zero attached hydrogens (tertiary/aromatic N) is 4. The van der Waals surface area contributed by atoms with Crippen molar-refractivity contribution in [2.45, 2.75) is 63.8 Å². The number of aromatic nitrogens is 2.